The molecule has 100 valence electrons. The molecule has 0 saturated carbocycles. The molecule has 0 aliphatic carbocycles. The van der Waals surface area contributed by atoms with Crippen molar-refractivity contribution in [3.8, 4) is 0 Å². The molecule has 1 aliphatic heterocycles. The number of nitrogens with one attached hydrogen (secondary N) is 3. The van der Waals surface area contributed by atoms with Crippen LogP contribution < -0.4 is 10.6 Å². The van der Waals surface area contributed by atoms with Gasteiger partial charge in [-0.25, -0.2) is 0 Å². The fourth-order valence-electron chi connectivity index (χ4n) is 2.52. The summed E-state index contributed by atoms with van der Waals surface area (Å²) in [5.41, 5.74) is 2.20. The van der Waals surface area contributed by atoms with Crippen molar-refractivity contribution in [1.29, 1.82) is 0 Å². The third-order valence-electron chi connectivity index (χ3n) is 3.55. The summed E-state index contributed by atoms with van der Waals surface area (Å²) < 4.78 is 0. The Kier molecular flexibility index (Phi) is 3.41. The molecule has 6 heteroatoms. The third-order valence-corrected chi connectivity index (χ3v) is 3.55. The maximum Gasteiger partial charge on any atom is 0.224 e. The Balaban J connectivity index is 1.67. The normalized spacial score (nSPS) is 16.6. The Morgan fingerprint density at radius 2 is 2.16 bits per heavy atom. The van der Waals surface area contributed by atoms with Crippen LogP contribution >= 0.6 is 0 Å². The van der Waals surface area contributed by atoms with Crippen LogP contribution in [0, 0.1) is 5.92 Å². The van der Waals surface area contributed by atoms with Gasteiger partial charge in [0.25, 0.3) is 0 Å². The number of nitrogens with zero attached hydrogens (tertiary/aromatic N) is 2. The fourth-order valence-corrected chi connectivity index (χ4v) is 2.52. The van der Waals surface area contributed by atoms with E-state index in [1.165, 1.54) is 0 Å². The molecule has 0 spiro atoms. The first kappa shape index (κ1) is 12.1. The van der Waals surface area contributed by atoms with Crippen LogP contribution in [0.2, 0.25) is 0 Å². The maximum absolute atomic E-state index is 12.1. The minimum Gasteiger partial charge on any atom is -0.324 e. The Labute approximate surface area is 111 Å². The summed E-state index contributed by atoms with van der Waals surface area (Å²) in [6, 6.07) is 5.58. The number of aromatic amines is 1. The molecule has 1 aromatic heterocycles. The van der Waals surface area contributed by atoms with Crippen molar-refractivity contribution in [1.82, 2.24) is 20.7 Å². The van der Waals surface area contributed by atoms with Crippen molar-refractivity contribution in [3.63, 3.8) is 0 Å². The average molecular weight is 259 g/mol. The van der Waals surface area contributed by atoms with E-state index in [1.807, 2.05) is 18.2 Å². The van der Waals surface area contributed by atoms with Crippen LogP contribution in [0.25, 0.3) is 11.0 Å². The lowest BCUT2D eigenvalue weighted by Gasteiger charge is -2.21. The molecule has 19 heavy (non-hydrogen) atoms. The Bertz CT molecular complexity index is 573. The summed E-state index contributed by atoms with van der Waals surface area (Å²) in [5.74, 6) is 0.542. The topological polar surface area (TPSA) is 82.7 Å². The number of carbonyl (C=O) groups excluding carboxylic acids is 1. The summed E-state index contributed by atoms with van der Waals surface area (Å²) in [7, 11) is 0. The number of aromatic nitrogens is 3. The molecule has 1 aromatic carbocycles. The second-order valence-corrected chi connectivity index (χ2v) is 4.94. The van der Waals surface area contributed by atoms with Gasteiger partial charge in [-0.1, -0.05) is 6.07 Å². The number of benzene rings is 1. The lowest BCUT2D eigenvalue weighted by Crippen LogP contribution is -2.30. The molecule has 1 amide bonds. The highest BCUT2D eigenvalue weighted by Crippen LogP contribution is 2.21. The van der Waals surface area contributed by atoms with Crippen molar-refractivity contribution >= 4 is 22.6 Å². The molecule has 3 rings (SSSR count). The first-order chi connectivity index (χ1) is 9.33. The third kappa shape index (κ3) is 2.73. The van der Waals surface area contributed by atoms with Gasteiger partial charge in [-0.3, -0.25) is 4.79 Å². The van der Waals surface area contributed by atoms with Gasteiger partial charge in [0.1, 0.15) is 11.0 Å². The largest absolute Gasteiger partial charge is 0.324 e. The van der Waals surface area contributed by atoms with Gasteiger partial charge < -0.3 is 10.6 Å². The summed E-state index contributed by atoms with van der Waals surface area (Å²) >= 11 is 0. The first-order valence-corrected chi connectivity index (χ1v) is 6.63. The van der Waals surface area contributed by atoms with E-state index in [1.54, 1.807) is 0 Å². The Morgan fingerprint density at radius 3 is 3.00 bits per heavy atom. The first-order valence-electron chi connectivity index (χ1n) is 6.63. The zero-order valence-electron chi connectivity index (χ0n) is 10.6. The van der Waals surface area contributed by atoms with Gasteiger partial charge in [0.15, 0.2) is 0 Å². The van der Waals surface area contributed by atoms with Crippen molar-refractivity contribution in [2.24, 2.45) is 5.92 Å². The van der Waals surface area contributed by atoms with E-state index in [4.69, 9.17) is 0 Å². The van der Waals surface area contributed by atoms with E-state index >= 15 is 0 Å². The highest BCUT2D eigenvalue weighted by molar-refractivity contribution is 5.99. The zero-order chi connectivity index (χ0) is 13.1. The Hall–Kier alpha value is -1.95. The monoisotopic (exact) mass is 259 g/mol. The van der Waals surface area contributed by atoms with Gasteiger partial charge in [-0.15, -0.1) is 0 Å². The molecular weight excluding hydrogens is 242 g/mol. The Morgan fingerprint density at radius 1 is 1.32 bits per heavy atom. The molecule has 6 nitrogen and oxygen atoms in total. The van der Waals surface area contributed by atoms with Crippen LogP contribution in [0.3, 0.4) is 0 Å². The molecule has 1 aliphatic rings. The van der Waals surface area contributed by atoms with Crippen molar-refractivity contribution in [3.05, 3.63) is 18.2 Å². The van der Waals surface area contributed by atoms with E-state index in [0.29, 0.717) is 17.9 Å². The van der Waals surface area contributed by atoms with Crippen LogP contribution in [0.5, 0.6) is 0 Å². The SMILES string of the molecule is O=C(CC1CCNCC1)Nc1cccc2n[nH]nc12. The smallest absolute Gasteiger partial charge is 0.224 e. The molecule has 0 radical (unpaired) electrons. The number of hydrogen-bond acceptors (Lipinski definition) is 4. The number of H-pyrrole nitrogens is 1. The molecule has 2 heterocycles. The molecular formula is C13H17N5O. The van der Waals surface area contributed by atoms with Crippen molar-refractivity contribution in [2.75, 3.05) is 18.4 Å². The number of anilines is 1. The van der Waals surface area contributed by atoms with Gasteiger partial charge in [0, 0.05) is 6.42 Å². The number of para-hydroxylation sites is 1. The lowest BCUT2D eigenvalue weighted by molar-refractivity contribution is -0.117. The van der Waals surface area contributed by atoms with Gasteiger partial charge in [-0.2, -0.15) is 15.4 Å². The number of carbonyl (C=O) groups is 1. The molecule has 1 saturated heterocycles. The average Bonchev–Trinajstić information content (AvgIpc) is 2.89. The molecule has 1 fully saturated rings. The van der Waals surface area contributed by atoms with E-state index in [2.05, 4.69) is 26.0 Å². The van der Waals surface area contributed by atoms with Crippen LogP contribution in [-0.2, 0) is 4.79 Å². The van der Waals surface area contributed by atoms with E-state index < -0.39 is 0 Å². The summed E-state index contributed by atoms with van der Waals surface area (Å²) in [6.07, 6.45) is 2.72. The highest BCUT2D eigenvalue weighted by Gasteiger charge is 2.17. The standard InChI is InChI=1S/C13H17N5O/c19-12(8-9-4-6-14-7-5-9)15-10-2-1-3-11-13(10)17-18-16-11/h1-3,9,14H,4-8H2,(H,15,19)(H,16,17,18). The summed E-state index contributed by atoms with van der Waals surface area (Å²) in [6.45, 7) is 2.02. The number of amides is 1. The van der Waals surface area contributed by atoms with Gasteiger partial charge in [0.2, 0.25) is 5.91 Å². The quantitative estimate of drug-likeness (QED) is 0.775. The number of fused-ring (bicyclic) bond motifs is 1. The highest BCUT2D eigenvalue weighted by atomic mass is 16.1. The van der Waals surface area contributed by atoms with Crippen LogP contribution in [0.15, 0.2) is 18.2 Å². The fraction of sp³-hybridized carbons (Fsp3) is 0.462. The van der Waals surface area contributed by atoms with Crippen molar-refractivity contribution in [2.45, 2.75) is 19.3 Å². The molecule has 0 bridgehead atoms. The maximum atomic E-state index is 12.1. The van der Waals surface area contributed by atoms with E-state index in [0.717, 1.165) is 37.1 Å². The van der Waals surface area contributed by atoms with E-state index in [9.17, 15) is 4.79 Å². The van der Waals surface area contributed by atoms with Gasteiger partial charge in [-0.05, 0) is 44.0 Å². The molecule has 0 atom stereocenters. The van der Waals surface area contributed by atoms with Crippen LogP contribution in [0.4, 0.5) is 5.69 Å². The predicted molar refractivity (Wildman–Crippen MR) is 72.7 cm³/mol. The number of hydrogen-bond donors (Lipinski definition) is 3. The minimum atomic E-state index is 0.0578. The second-order valence-electron chi connectivity index (χ2n) is 4.94. The summed E-state index contributed by atoms with van der Waals surface area (Å²) in [4.78, 5) is 12.1. The molecule has 0 unspecified atom stereocenters. The van der Waals surface area contributed by atoms with Gasteiger partial charge >= 0.3 is 0 Å². The minimum absolute atomic E-state index is 0.0578. The second kappa shape index (κ2) is 5.36. The van der Waals surface area contributed by atoms with Crippen molar-refractivity contribution < 1.29 is 4.79 Å². The summed E-state index contributed by atoms with van der Waals surface area (Å²) in [5, 5.41) is 16.9. The predicted octanol–water partition coefficient (Wildman–Crippen LogP) is 1.29. The zero-order valence-corrected chi connectivity index (χ0v) is 10.6. The van der Waals surface area contributed by atoms with Crippen LogP contribution in [-0.4, -0.2) is 34.4 Å². The lowest BCUT2D eigenvalue weighted by atomic mass is 9.94. The molecule has 3 N–H and O–H groups in total. The number of rotatable bonds is 3. The van der Waals surface area contributed by atoms with Crippen LogP contribution in [0.1, 0.15) is 19.3 Å². The molecule has 2 aromatic rings. The van der Waals surface area contributed by atoms with Gasteiger partial charge in [0.05, 0.1) is 5.69 Å². The number of piperidine rings is 1. The van der Waals surface area contributed by atoms with E-state index in [-0.39, 0.29) is 5.91 Å².